The quantitative estimate of drug-likeness (QED) is 0.684. The van der Waals surface area contributed by atoms with Crippen LogP contribution in [0, 0.1) is 34.5 Å². The van der Waals surface area contributed by atoms with E-state index in [1.165, 1.54) is 6.08 Å². The van der Waals surface area contributed by atoms with Crippen LogP contribution in [0.15, 0.2) is 11.6 Å². The highest BCUT2D eigenvalue weighted by Crippen LogP contribution is 2.68. The van der Waals surface area contributed by atoms with Gasteiger partial charge in [-0.15, -0.1) is 0 Å². The number of hydrogen-bond donors (Lipinski definition) is 2. The number of hydrogen-bond acceptors (Lipinski definition) is 6. The SMILES string of the molecule is CCCC1OC2(C[C@@]3(C)C(=CC2=O)[C@@H](F)C[C@@H]2[C@@H]3[C@@H](O)C[C@]3(C)[C@H](C(=O)CO)CC[C@@H]23)O1. The fourth-order valence-electron chi connectivity index (χ4n) is 8.42. The summed E-state index contributed by atoms with van der Waals surface area (Å²) in [6.45, 7) is 5.51. The molecule has 0 aromatic carbocycles. The molecule has 4 fully saturated rings. The average Bonchev–Trinajstić information content (AvgIpc) is 3.04. The number of ketones is 2. The molecule has 1 aliphatic heterocycles. The van der Waals surface area contributed by atoms with Crippen LogP contribution in [0.25, 0.3) is 0 Å². The Balaban J connectivity index is 1.49. The average molecular weight is 451 g/mol. The summed E-state index contributed by atoms with van der Waals surface area (Å²) in [6.07, 6.45) is 2.91. The minimum absolute atomic E-state index is 0.0951. The van der Waals surface area contributed by atoms with Gasteiger partial charge in [0.1, 0.15) is 12.8 Å². The summed E-state index contributed by atoms with van der Waals surface area (Å²) >= 11 is 0. The maximum atomic E-state index is 15.6. The first-order valence-electron chi connectivity index (χ1n) is 12.2. The molecule has 0 bridgehead atoms. The van der Waals surface area contributed by atoms with Gasteiger partial charge >= 0.3 is 0 Å². The third-order valence-electron chi connectivity index (χ3n) is 9.64. The smallest absolute Gasteiger partial charge is 0.238 e. The Morgan fingerprint density at radius 2 is 2.00 bits per heavy atom. The normalized spacial score (nSPS) is 52.0. The maximum Gasteiger partial charge on any atom is 0.238 e. The molecule has 6 nitrogen and oxygen atoms in total. The van der Waals surface area contributed by atoms with Crippen molar-refractivity contribution in [3.05, 3.63) is 11.6 Å². The van der Waals surface area contributed by atoms with E-state index in [2.05, 4.69) is 0 Å². The number of allylic oxidation sites excluding steroid dienone is 1. The van der Waals surface area contributed by atoms with Crippen LogP contribution in [-0.4, -0.2) is 52.7 Å². The first-order valence-corrected chi connectivity index (χ1v) is 12.2. The lowest BCUT2D eigenvalue weighted by molar-refractivity contribution is -0.437. The topological polar surface area (TPSA) is 93.1 Å². The fourth-order valence-corrected chi connectivity index (χ4v) is 8.42. The molecule has 5 aliphatic rings. The van der Waals surface area contributed by atoms with Gasteiger partial charge in [-0.2, -0.15) is 0 Å². The predicted molar refractivity (Wildman–Crippen MR) is 113 cm³/mol. The van der Waals surface area contributed by atoms with Crippen molar-refractivity contribution in [2.75, 3.05) is 6.61 Å². The second kappa shape index (κ2) is 7.42. The van der Waals surface area contributed by atoms with Crippen molar-refractivity contribution < 1.29 is 33.7 Å². The van der Waals surface area contributed by atoms with E-state index in [1.807, 2.05) is 20.8 Å². The monoisotopic (exact) mass is 450 g/mol. The van der Waals surface area contributed by atoms with Gasteiger partial charge in [0.2, 0.25) is 11.6 Å². The zero-order chi connectivity index (χ0) is 23.1. The second-order valence-corrected chi connectivity index (χ2v) is 11.3. The molecule has 8 atom stereocenters. The molecule has 3 saturated carbocycles. The number of fused-ring (bicyclic) bond motifs is 5. The highest BCUT2D eigenvalue weighted by Gasteiger charge is 2.68. The Morgan fingerprint density at radius 1 is 1.28 bits per heavy atom. The van der Waals surface area contributed by atoms with Crippen LogP contribution >= 0.6 is 0 Å². The molecular weight excluding hydrogens is 415 g/mol. The van der Waals surface area contributed by atoms with Gasteiger partial charge < -0.3 is 19.7 Å². The molecule has 0 unspecified atom stereocenters. The number of Topliss-reactive ketones (excluding diaryl/α,β-unsaturated/α-hetero) is 1. The summed E-state index contributed by atoms with van der Waals surface area (Å²) in [5, 5.41) is 20.9. The van der Waals surface area contributed by atoms with Gasteiger partial charge in [-0.05, 0) is 66.9 Å². The third-order valence-corrected chi connectivity index (χ3v) is 9.64. The number of aliphatic hydroxyl groups is 2. The molecule has 2 N–H and O–H groups in total. The molecule has 4 aliphatic carbocycles. The molecule has 0 amide bonds. The molecule has 1 saturated heterocycles. The molecule has 1 heterocycles. The largest absolute Gasteiger partial charge is 0.393 e. The fraction of sp³-hybridized carbons (Fsp3) is 0.840. The van der Waals surface area contributed by atoms with Crippen LogP contribution in [-0.2, 0) is 19.1 Å². The van der Waals surface area contributed by atoms with Crippen molar-refractivity contribution in [1.29, 1.82) is 0 Å². The van der Waals surface area contributed by atoms with Crippen LogP contribution < -0.4 is 0 Å². The van der Waals surface area contributed by atoms with E-state index < -0.39 is 41.8 Å². The van der Waals surface area contributed by atoms with E-state index in [0.717, 1.165) is 12.8 Å². The van der Waals surface area contributed by atoms with Crippen molar-refractivity contribution in [2.45, 2.75) is 90.1 Å². The Bertz CT molecular complexity index is 849. The zero-order valence-corrected chi connectivity index (χ0v) is 19.2. The lowest BCUT2D eigenvalue weighted by Crippen LogP contribution is -2.67. The molecule has 7 heteroatoms. The third kappa shape index (κ3) is 2.90. The maximum absolute atomic E-state index is 15.6. The van der Waals surface area contributed by atoms with Crippen LogP contribution in [0.5, 0.6) is 0 Å². The summed E-state index contributed by atoms with van der Waals surface area (Å²) < 4.78 is 27.5. The second-order valence-electron chi connectivity index (χ2n) is 11.3. The summed E-state index contributed by atoms with van der Waals surface area (Å²) in [5.74, 6) is -2.42. The van der Waals surface area contributed by atoms with Crippen molar-refractivity contribution >= 4 is 11.6 Å². The van der Waals surface area contributed by atoms with Crippen LogP contribution in [0.4, 0.5) is 4.39 Å². The van der Waals surface area contributed by atoms with Crippen LogP contribution in [0.1, 0.15) is 65.7 Å². The number of alkyl halides is 1. The van der Waals surface area contributed by atoms with Crippen molar-refractivity contribution in [3.63, 3.8) is 0 Å². The standard InChI is InChI=1S/C25H35FO6/c1-4-5-21-31-25(32-21)12-24(3)16(9-20(25)30)17(26)8-13-14-6-7-15(19(29)11-27)23(14,2)10-18(28)22(13)24/h9,13-15,17-18,21-22,27-28H,4-8,10-12H2,1-3H3/t13-,14-,15-,17-,18-,21?,22+,23-,24-,25?/m0/s1. The Morgan fingerprint density at radius 3 is 2.66 bits per heavy atom. The Hall–Kier alpha value is -1.15. The summed E-state index contributed by atoms with van der Waals surface area (Å²) in [4.78, 5) is 25.4. The van der Waals surface area contributed by atoms with Crippen molar-refractivity contribution in [2.24, 2.45) is 34.5 Å². The number of halogens is 1. The number of rotatable bonds is 4. The molecular formula is C25H35FO6. The summed E-state index contributed by atoms with van der Waals surface area (Å²) in [5.41, 5.74) is -0.743. The van der Waals surface area contributed by atoms with Gasteiger partial charge in [0, 0.05) is 17.8 Å². The number of aliphatic hydroxyl groups excluding tert-OH is 2. The van der Waals surface area contributed by atoms with E-state index in [9.17, 15) is 19.8 Å². The van der Waals surface area contributed by atoms with E-state index in [-0.39, 0.29) is 48.1 Å². The van der Waals surface area contributed by atoms with E-state index in [1.54, 1.807) is 0 Å². The molecule has 0 radical (unpaired) electrons. The molecule has 1 spiro atoms. The number of carbonyl (C=O) groups excluding carboxylic acids is 2. The first-order chi connectivity index (χ1) is 15.1. The van der Waals surface area contributed by atoms with Gasteiger partial charge in [-0.1, -0.05) is 27.2 Å². The van der Waals surface area contributed by atoms with Crippen LogP contribution in [0.2, 0.25) is 0 Å². The molecule has 0 aromatic heterocycles. The predicted octanol–water partition coefficient (Wildman–Crippen LogP) is 3.09. The molecule has 178 valence electrons. The van der Waals surface area contributed by atoms with Crippen LogP contribution in [0.3, 0.4) is 0 Å². The highest BCUT2D eigenvalue weighted by molar-refractivity contribution is 5.98. The highest BCUT2D eigenvalue weighted by atomic mass is 19.1. The van der Waals surface area contributed by atoms with E-state index in [0.29, 0.717) is 24.8 Å². The van der Waals surface area contributed by atoms with Gasteiger partial charge in [0.15, 0.2) is 12.1 Å². The molecule has 32 heavy (non-hydrogen) atoms. The zero-order valence-electron chi connectivity index (χ0n) is 19.2. The van der Waals surface area contributed by atoms with Gasteiger partial charge in [-0.3, -0.25) is 9.59 Å². The Labute approximate surface area is 188 Å². The minimum Gasteiger partial charge on any atom is -0.393 e. The van der Waals surface area contributed by atoms with Crippen molar-refractivity contribution in [3.8, 4) is 0 Å². The van der Waals surface area contributed by atoms with Gasteiger partial charge in [0.25, 0.3) is 0 Å². The summed E-state index contributed by atoms with van der Waals surface area (Å²) in [7, 11) is 0. The van der Waals surface area contributed by atoms with E-state index in [4.69, 9.17) is 9.47 Å². The lowest BCUT2D eigenvalue weighted by atomic mass is 9.45. The molecule has 5 rings (SSSR count). The lowest BCUT2D eigenvalue weighted by Gasteiger charge is -2.62. The first kappa shape index (κ1) is 22.6. The number of carbonyl (C=O) groups is 2. The molecule has 0 aromatic rings. The Kier molecular flexibility index (Phi) is 5.25. The van der Waals surface area contributed by atoms with E-state index >= 15 is 4.39 Å². The van der Waals surface area contributed by atoms with Crippen molar-refractivity contribution in [1.82, 2.24) is 0 Å². The minimum atomic E-state index is -1.37. The van der Waals surface area contributed by atoms with Gasteiger partial charge in [-0.25, -0.2) is 4.39 Å². The van der Waals surface area contributed by atoms with Gasteiger partial charge in [0.05, 0.1) is 6.10 Å². The summed E-state index contributed by atoms with van der Waals surface area (Å²) in [6, 6.07) is 0. The number of ether oxygens (including phenoxy) is 2.